The molecule has 0 bridgehead atoms. The fraction of sp³-hybridized carbons (Fsp3) is 0.321. The highest BCUT2D eigenvalue weighted by molar-refractivity contribution is 7.91. The molecule has 2 N–H and O–H groups in total. The van der Waals surface area contributed by atoms with E-state index in [-0.39, 0.29) is 40.3 Å². The molecule has 1 aromatic heterocycles. The Morgan fingerprint density at radius 2 is 1.67 bits per heavy atom. The van der Waals surface area contributed by atoms with Crippen molar-refractivity contribution in [2.75, 3.05) is 16.4 Å². The zero-order valence-corrected chi connectivity index (χ0v) is 21.6. The highest BCUT2D eigenvalue weighted by Gasteiger charge is 2.29. The Kier molecular flexibility index (Phi) is 7.26. The number of nitrogens with zero attached hydrogens (tertiary/aromatic N) is 1. The normalized spacial score (nSPS) is 13.8. The minimum atomic E-state index is -3.39. The zero-order chi connectivity index (χ0) is 25.9. The van der Waals surface area contributed by atoms with Crippen molar-refractivity contribution < 1.29 is 18.0 Å². The Bertz CT molecular complexity index is 1360. The summed E-state index contributed by atoms with van der Waals surface area (Å²) in [6.45, 7) is 6.03. The second-order valence-electron chi connectivity index (χ2n) is 10.3. The summed E-state index contributed by atoms with van der Waals surface area (Å²) >= 11 is 0. The van der Waals surface area contributed by atoms with Crippen molar-refractivity contribution in [2.24, 2.45) is 5.92 Å². The van der Waals surface area contributed by atoms with Crippen LogP contribution in [0, 0.1) is 5.92 Å². The van der Waals surface area contributed by atoms with Crippen LogP contribution in [0.1, 0.15) is 55.1 Å². The van der Waals surface area contributed by atoms with Crippen LogP contribution < -0.4 is 10.6 Å². The number of hydrogen-bond donors (Lipinski definition) is 2. The van der Waals surface area contributed by atoms with Gasteiger partial charge in [-0.2, -0.15) is 0 Å². The maximum atomic E-state index is 13.0. The van der Waals surface area contributed by atoms with Crippen LogP contribution >= 0.6 is 0 Å². The van der Waals surface area contributed by atoms with Gasteiger partial charge in [0.15, 0.2) is 14.9 Å². The second kappa shape index (κ2) is 10.2. The topological polar surface area (TPSA) is 105 Å². The Balaban J connectivity index is 1.45. The quantitative estimate of drug-likeness (QED) is 0.448. The molecule has 188 valence electrons. The van der Waals surface area contributed by atoms with E-state index >= 15 is 0 Å². The third-order valence-electron chi connectivity index (χ3n) is 6.02. The summed E-state index contributed by atoms with van der Waals surface area (Å²) in [5, 5.41) is 5.85. The highest BCUT2D eigenvalue weighted by Crippen LogP contribution is 2.32. The molecule has 0 radical (unpaired) electrons. The van der Waals surface area contributed by atoms with Gasteiger partial charge in [0, 0.05) is 23.1 Å². The molecule has 2 amide bonds. The highest BCUT2D eigenvalue weighted by atomic mass is 32.2. The second-order valence-corrected chi connectivity index (χ2v) is 12.3. The number of sulfone groups is 1. The van der Waals surface area contributed by atoms with E-state index in [0.29, 0.717) is 22.5 Å². The molecule has 1 saturated carbocycles. The molecule has 36 heavy (non-hydrogen) atoms. The molecule has 1 aliphatic rings. The molecule has 3 aromatic rings. The summed E-state index contributed by atoms with van der Waals surface area (Å²) in [5.74, 6) is -0.0930. The van der Waals surface area contributed by atoms with Gasteiger partial charge in [-0.25, -0.2) is 13.4 Å². The van der Waals surface area contributed by atoms with Crippen LogP contribution in [0.15, 0.2) is 71.9 Å². The van der Waals surface area contributed by atoms with Gasteiger partial charge in [0.1, 0.15) is 0 Å². The third kappa shape index (κ3) is 6.57. The molecule has 0 aliphatic heterocycles. The summed E-state index contributed by atoms with van der Waals surface area (Å²) in [6.07, 6.45) is 3.40. The van der Waals surface area contributed by atoms with Gasteiger partial charge in [-0.15, -0.1) is 0 Å². The molecular weight excluding hydrogens is 474 g/mol. The van der Waals surface area contributed by atoms with E-state index in [9.17, 15) is 18.0 Å². The van der Waals surface area contributed by atoms with Gasteiger partial charge < -0.3 is 10.6 Å². The van der Waals surface area contributed by atoms with E-state index in [0.717, 1.165) is 18.4 Å². The summed E-state index contributed by atoms with van der Waals surface area (Å²) in [7, 11) is -3.39. The number of pyridine rings is 1. The van der Waals surface area contributed by atoms with Crippen molar-refractivity contribution in [1.82, 2.24) is 4.98 Å². The van der Waals surface area contributed by atoms with Gasteiger partial charge >= 0.3 is 0 Å². The molecule has 0 spiro atoms. The minimum absolute atomic E-state index is 0.0526. The van der Waals surface area contributed by atoms with Crippen molar-refractivity contribution in [3.63, 3.8) is 0 Å². The number of rotatable bonds is 8. The van der Waals surface area contributed by atoms with E-state index < -0.39 is 9.84 Å². The van der Waals surface area contributed by atoms with Gasteiger partial charge in [-0.1, -0.05) is 45.0 Å². The number of anilines is 2. The average molecular weight is 506 g/mol. The lowest BCUT2D eigenvalue weighted by molar-refractivity contribution is -0.115. The van der Waals surface area contributed by atoms with Crippen molar-refractivity contribution in [3.8, 4) is 0 Å². The number of aromatic nitrogens is 1. The molecule has 0 saturated heterocycles. The summed E-state index contributed by atoms with van der Waals surface area (Å²) < 4.78 is 24.8. The summed E-state index contributed by atoms with van der Waals surface area (Å²) in [6, 6.07) is 17.6. The van der Waals surface area contributed by atoms with Crippen molar-refractivity contribution in [3.05, 3.63) is 83.6 Å². The Morgan fingerprint density at radius 1 is 0.944 bits per heavy atom. The number of carbonyl (C=O) groups is 2. The lowest BCUT2D eigenvalue weighted by atomic mass is 9.83. The number of carbonyl (C=O) groups excluding carboxylic acids is 2. The third-order valence-corrected chi connectivity index (χ3v) is 7.81. The fourth-order valence-corrected chi connectivity index (χ4v) is 5.54. The monoisotopic (exact) mass is 505 g/mol. The van der Waals surface area contributed by atoms with E-state index in [2.05, 4.69) is 15.6 Å². The number of para-hydroxylation sites is 1. The van der Waals surface area contributed by atoms with Gasteiger partial charge in [0.2, 0.25) is 5.91 Å². The fourth-order valence-electron chi connectivity index (χ4n) is 3.93. The van der Waals surface area contributed by atoms with Crippen molar-refractivity contribution >= 4 is 33.0 Å². The SMILES string of the molecule is CC(C)(C)c1cc(NC(=O)Cc2ccc(S(=O)(=O)CC3CC3)nc2)ccc1C(=O)Nc1ccccc1. The van der Waals surface area contributed by atoms with E-state index in [1.807, 2.05) is 57.2 Å². The predicted molar refractivity (Wildman–Crippen MR) is 141 cm³/mol. The lowest BCUT2D eigenvalue weighted by Crippen LogP contribution is -2.22. The number of nitrogens with one attached hydrogen (secondary N) is 2. The molecule has 1 fully saturated rings. The molecular formula is C28H31N3O4S. The zero-order valence-electron chi connectivity index (χ0n) is 20.7. The van der Waals surface area contributed by atoms with E-state index in [4.69, 9.17) is 0 Å². The minimum Gasteiger partial charge on any atom is -0.326 e. The summed E-state index contributed by atoms with van der Waals surface area (Å²) in [4.78, 5) is 29.8. The van der Waals surface area contributed by atoms with Crippen LogP contribution in [0.25, 0.3) is 0 Å². The molecule has 7 nitrogen and oxygen atoms in total. The van der Waals surface area contributed by atoms with Crippen LogP contribution in [-0.2, 0) is 26.5 Å². The van der Waals surface area contributed by atoms with Crippen LogP contribution in [0.5, 0.6) is 0 Å². The van der Waals surface area contributed by atoms with Crippen LogP contribution in [0.2, 0.25) is 0 Å². The maximum Gasteiger partial charge on any atom is 0.255 e. The molecule has 2 aromatic carbocycles. The summed E-state index contributed by atoms with van der Waals surface area (Å²) in [5.41, 5.74) is 2.91. The van der Waals surface area contributed by atoms with Crippen LogP contribution in [-0.4, -0.2) is 31.0 Å². The number of hydrogen-bond acceptors (Lipinski definition) is 5. The van der Waals surface area contributed by atoms with Crippen molar-refractivity contribution in [2.45, 2.75) is 50.5 Å². The van der Waals surface area contributed by atoms with E-state index in [1.54, 1.807) is 18.2 Å². The maximum absolute atomic E-state index is 13.0. The molecule has 8 heteroatoms. The first-order chi connectivity index (χ1) is 17.0. The molecule has 0 atom stereocenters. The molecule has 0 unspecified atom stereocenters. The molecule has 1 aliphatic carbocycles. The Morgan fingerprint density at radius 3 is 2.28 bits per heavy atom. The Hall–Kier alpha value is -3.52. The van der Waals surface area contributed by atoms with Gasteiger partial charge in [-0.05, 0) is 71.7 Å². The molecule has 1 heterocycles. The van der Waals surface area contributed by atoms with Crippen LogP contribution in [0.3, 0.4) is 0 Å². The van der Waals surface area contributed by atoms with E-state index in [1.165, 1.54) is 12.3 Å². The first-order valence-electron chi connectivity index (χ1n) is 12.0. The number of benzene rings is 2. The average Bonchev–Trinajstić information content (AvgIpc) is 3.62. The largest absolute Gasteiger partial charge is 0.326 e. The van der Waals surface area contributed by atoms with Gasteiger partial charge in [-0.3, -0.25) is 9.59 Å². The van der Waals surface area contributed by atoms with Gasteiger partial charge in [0.25, 0.3) is 5.91 Å². The Labute approximate surface area is 212 Å². The lowest BCUT2D eigenvalue weighted by Gasteiger charge is -2.23. The smallest absolute Gasteiger partial charge is 0.255 e. The van der Waals surface area contributed by atoms with Crippen molar-refractivity contribution in [1.29, 1.82) is 0 Å². The van der Waals surface area contributed by atoms with Crippen LogP contribution in [0.4, 0.5) is 11.4 Å². The predicted octanol–water partition coefficient (Wildman–Crippen LogP) is 5.00. The van der Waals surface area contributed by atoms with Gasteiger partial charge in [0.05, 0.1) is 12.2 Å². The number of amides is 2. The standard InChI is InChI=1S/C28H31N3O4S/c1-28(2,3)24-16-22(12-13-23(24)27(33)31-21-7-5-4-6-8-21)30-25(32)15-20-11-14-26(29-17-20)36(34,35)18-19-9-10-19/h4-8,11-14,16-17,19H,9-10,15,18H2,1-3H3,(H,30,32)(H,31,33). The first-order valence-corrected chi connectivity index (χ1v) is 13.6. The molecule has 4 rings (SSSR count). The first kappa shape index (κ1) is 25.6.